The first-order valence-electron chi connectivity index (χ1n) is 18.0. The average molecular weight is 749 g/mol. The molecule has 0 saturated carbocycles. The Kier molecular flexibility index (Phi) is 12.5. The van der Waals surface area contributed by atoms with Crippen molar-refractivity contribution in [1.82, 2.24) is 9.62 Å². The maximum Gasteiger partial charge on any atom is 0.407 e. The molecule has 2 fully saturated rings. The van der Waals surface area contributed by atoms with Crippen LogP contribution in [0.5, 0.6) is 11.5 Å². The smallest absolute Gasteiger partial charge is 0.407 e. The molecule has 5 rings (SSSR count). The summed E-state index contributed by atoms with van der Waals surface area (Å²) in [6.45, 7) is 12.8. The van der Waals surface area contributed by atoms with Gasteiger partial charge in [-0.05, 0) is 66.9 Å². The second kappa shape index (κ2) is 16.1. The zero-order valence-electron chi connectivity index (χ0n) is 30.8. The lowest BCUT2D eigenvalue weighted by Crippen LogP contribution is -2.52. The molecule has 0 bridgehead atoms. The third kappa shape index (κ3) is 10.0. The minimum absolute atomic E-state index is 0.00535. The van der Waals surface area contributed by atoms with Crippen molar-refractivity contribution in [3.05, 3.63) is 54.1 Å². The number of sulfonamides is 1. The van der Waals surface area contributed by atoms with Crippen molar-refractivity contribution < 1.29 is 46.8 Å². The summed E-state index contributed by atoms with van der Waals surface area (Å²) in [5, 5.41) is 14.6. The fourth-order valence-electron chi connectivity index (χ4n) is 6.82. The number of alkyl carbamates (subject to hydrolysis) is 1. The molecule has 14 heteroatoms. The number of aliphatic hydroxyl groups excluding tert-OH is 1. The van der Waals surface area contributed by atoms with Crippen LogP contribution in [0.1, 0.15) is 65.4 Å². The molecule has 51 heavy (non-hydrogen) atoms. The summed E-state index contributed by atoms with van der Waals surface area (Å²) in [5.74, 6) is 0.749. The molecule has 0 spiro atoms. The topological polar surface area (TPSA) is 153 Å². The highest BCUT2D eigenvalue weighted by atomic mass is 32.2. The predicted octanol–water partition coefficient (Wildman–Crippen LogP) is 5.43. The lowest BCUT2D eigenvalue weighted by Gasteiger charge is -2.36. The molecule has 3 aliphatic heterocycles. The van der Waals surface area contributed by atoms with E-state index in [4.69, 9.17) is 23.7 Å². The van der Waals surface area contributed by atoms with Crippen LogP contribution in [0.2, 0.25) is 18.1 Å². The number of nitrogens with one attached hydrogen (secondary N) is 1. The molecule has 0 unspecified atom stereocenters. The first kappa shape index (κ1) is 39.5. The Morgan fingerprint density at radius 3 is 2.47 bits per heavy atom. The molecule has 3 heterocycles. The summed E-state index contributed by atoms with van der Waals surface area (Å²) in [4.78, 5) is 24.1. The van der Waals surface area contributed by atoms with Gasteiger partial charge in [0.05, 0.1) is 36.2 Å². The lowest BCUT2D eigenvalue weighted by atomic mass is 9.86. The third-order valence-electron chi connectivity index (χ3n) is 10.8. The van der Waals surface area contributed by atoms with Crippen LogP contribution in [-0.4, -0.2) is 94.7 Å². The van der Waals surface area contributed by atoms with Crippen LogP contribution in [0.25, 0.3) is 0 Å². The minimum atomic E-state index is -4.15. The number of unbranched alkanes of at least 4 members (excludes halogenated alkanes) is 1. The van der Waals surface area contributed by atoms with E-state index < -0.39 is 48.1 Å². The molecule has 5 atom stereocenters. The van der Waals surface area contributed by atoms with E-state index in [1.807, 2.05) is 57.3 Å². The van der Waals surface area contributed by atoms with E-state index in [0.29, 0.717) is 18.1 Å². The third-order valence-corrected chi connectivity index (χ3v) is 16.2. The first-order chi connectivity index (χ1) is 23.9. The highest BCUT2D eigenvalue weighted by Crippen LogP contribution is 2.41. The van der Waals surface area contributed by atoms with E-state index in [-0.39, 0.29) is 55.1 Å². The zero-order chi connectivity index (χ0) is 37.0. The molecule has 1 amide bonds. The number of hydrogen-bond acceptors (Lipinski definition) is 10. The fourth-order valence-corrected chi connectivity index (χ4v) is 9.28. The van der Waals surface area contributed by atoms with Crippen LogP contribution in [0, 0.1) is 11.3 Å². The van der Waals surface area contributed by atoms with Crippen LogP contribution in [-0.2, 0) is 30.7 Å². The summed E-state index contributed by atoms with van der Waals surface area (Å²) in [6, 6.07) is 13.1. The molecule has 3 N–H and O–H groups in total. The van der Waals surface area contributed by atoms with Gasteiger partial charge in [-0.15, -0.1) is 0 Å². The Morgan fingerprint density at radius 1 is 1.04 bits per heavy atom. The monoisotopic (exact) mass is 748 g/mol. The van der Waals surface area contributed by atoms with Crippen molar-refractivity contribution in [3.63, 3.8) is 0 Å². The molecule has 12 nitrogen and oxygen atoms in total. The summed E-state index contributed by atoms with van der Waals surface area (Å²) >= 11 is 0. The quantitative estimate of drug-likeness (QED) is 0.141. The number of rotatable bonds is 17. The molecule has 3 aliphatic rings. The van der Waals surface area contributed by atoms with Gasteiger partial charge in [0.15, 0.2) is 26.1 Å². The molecule has 0 radical (unpaired) electrons. The van der Waals surface area contributed by atoms with Gasteiger partial charge in [0.2, 0.25) is 16.8 Å². The molecule has 0 aromatic heterocycles. The van der Waals surface area contributed by atoms with Gasteiger partial charge in [-0.25, -0.2) is 13.2 Å². The second-order valence-electron chi connectivity index (χ2n) is 16.1. The Bertz CT molecular complexity index is 1580. The van der Waals surface area contributed by atoms with E-state index in [0.717, 1.165) is 37.7 Å². The Balaban J connectivity index is 1.35. The van der Waals surface area contributed by atoms with Gasteiger partial charge in [-0.2, -0.15) is 4.31 Å². The number of carbonyl (C=O) groups excluding carboxylic acids is 1. The normalized spacial score (nSPS) is 21.8. The zero-order valence-corrected chi connectivity index (χ0v) is 32.6. The maximum atomic E-state index is 14.4. The van der Waals surface area contributed by atoms with Crippen LogP contribution in [0.3, 0.4) is 0 Å². The van der Waals surface area contributed by atoms with Gasteiger partial charge in [0, 0.05) is 19.2 Å². The molecule has 0 aliphatic carbocycles. The molecular formula is C37H56N2O10SSi. The number of fused-ring (bicyclic) bond motifs is 2. The van der Waals surface area contributed by atoms with Crippen LogP contribution < -0.4 is 14.8 Å². The number of hydrogen-bond donors (Lipinski definition) is 3. The number of carbonyl (C=O) groups is 1. The van der Waals surface area contributed by atoms with E-state index in [2.05, 4.69) is 19.2 Å². The van der Waals surface area contributed by atoms with Gasteiger partial charge in [0.1, 0.15) is 6.10 Å². The minimum Gasteiger partial charge on any atom is -0.454 e. The average Bonchev–Trinajstić information content (AvgIpc) is 3.81. The summed E-state index contributed by atoms with van der Waals surface area (Å²) in [6.07, 6.45) is 1.45. The highest BCUT2D eigenvalue weighted by molar-refractivity contribution is 7.89. The van der Waals surface area contributed by atoms with Crippen molar-refractivity contribution in [3.8, 4) is 11.5 Å². The van der Waals surface area contributed by atoms with Crippen molar-refractivity contribution in [2.24, 2.45) is 11.3 Å². The maximum absolute atomic E-state index is 14.4. The van der Waals surface area contributed by atoms with E-state index in [1.54, 1.807) is 6.07 Å². The van der Waals surface area contributed by atoms with Crippen molar-refractivity contribution in [2.75, 3.05) is 33.1 Å². The van der Waals surface area contributed by atoms with E-state index >= 15 is 0 Å². The van der Waals surface area contributed by atoms with E-state index in [9.17, 15) is 23.1 Å². The number of benzene rings is 2. The molecule has 2 aromatic rings. The molecule has 2 saturated heterocycles. The second-order valence-corrected chi connectivity index (χ2v) is 22.5. The Labute approximate surface area is 303 Å². The van der Waals surface area contributed by atoms with Crippen molar-refractivity contribution in [2.45, 2.75) is 114 Å². The van der Waals surface area contributed by atoms with Gasteiger partial charge in [-0.3, -0.25) is 0 Å². The van der Waals surface area contributed by atoms with Crippen LogP contribution in [0.4, 0.5) is 4.79 Å². The Morgan fingerprint density at radius 2 is 1.75 bits per heavy atom. The van der Waals surface area contributed by atoms with Crippen LogP contribution in [0.15, 0.2) is 53.4 Å². The highest BCUT2D eigenvalue weighted by Gasteiger charge is 2.44. The lowest BCUT2D eigenvalue weighted by molar-refractivity contribution is -0.0907. The molecule has 284 valence electrons. The summed E-state index contributed by atoms with van der Waals surface area (Å²) < 4.78 is 58.0. The van der Waals surface area contributed by atoms with Crippen molar-refractivity contribution in [1.29, 1.82) is 0 Å². The van der Waals surface area contributed by atoms with E-state index in [1.165, 1.54) is 16.4 Å². The predicted molar refractivity (Wildman–Crippen MR) is 194 cm³/mol. The largest absolute Gasteiger partial charge is 0.454 e. The van der Waals surface area contributed by atoms with Crippen LogP contribution >= 0.6 is 0 Å². The van der Waals surface area contributed by atoms with Gasteiger partial charge >= 0.3 is 6.09 Å². The van der Waals surface area contributed by atoms with Gasteiger partial charge < -0.3 is 38.9 Å². The first-order valence-corrected chi connectivity index (χ1v) is 22.4. The summed E-state index contributed by atoms with van der Waals surface area (Å²) in [5.41, 5.74) is 0.390. The number of aliphatic hydroxyl groups is 1. The molecule has 2 aromatic carbocycles. The number of nitrogens with zero attached hydrogens (tertiary/aromatic N) is 1. The molecular weight excluding hydrogens is 693 g/mol. The standard InChI is InChI=1S/C37H56N2O10SSi/c1-36(2,17-10-11-18-37(3,4)51(5,6)44)24-39(50(42,43)27-14-15-31-32(21-27)48-25-47-31)22-30(40)29(20-26-12-8-7-9-13-26)38-35(41)49-33-23-46-34-28(33)16-19-45-34/h7-9,12-15,21,28-30,33-34,40,44H,10-11,16-20,22-25H2,1-6H3,(H,38,41)/t28-,29-,30+,33-,34+/m0/s1. The Hall–Kier alpha value is -2.72. The fraction of sp³-hybridized carbons (Fsp3) is 0.649. The van der Waals surface area contributed by atoms with Gasteiger partial charge in [0.25, 0.3) is 0 Å². The van der Waals surface area contributed by atoms with Crippen molar-refractivity contribution >= 4 is 24.4 Å². The number of amides is 1. The SMILES string of the molecule is CC(C)(CCCCC(C)(C)[Si](C)(C)O)CN(C[C@@H](O)[C@H](Cc1ccccc1)NC(=O)O[C@H]1CO[C@H]2OCC[C@H]21)S(=O)(=O)c1ccc2c(c1)OCO2. The summed E-state index contributed by atoms with van der Waals surface area (Å²) in [7, 11) is -6.50. The van der Waals surface area contributed by atoms with Gasteiger partial charge in [-0.1, -0.05) is 70.9 Å². The number of ether oxygens (including phenoxy) is 5.